The number of halogens is 1. The third-order valence-corrected chi connectivity index (χ3v) is 4.53. The number of rotatable bonds is 6. The molecule has 1 aliphatic carbocycles. The molecular weight excluding hydrogens is 315 g/mol. The summed E-state index contributed by atoms with van der Waals surface area (Å²) in [5.74, 6) is -0.452. The molecule has 0 atom stereocenters. The molecule has 0 heterocycles. The Morgan fingerprint density at radius 3 is 2.60 bits per heavy atom. The Hall–Kier alpha value is -2.42. The van der Waals surface area contributed by atoms with Gasteiger partial charge in [0.05, 0.1) is 0 Å². The highest BCUT2D eigenvalue weighted by Crippen LogP contribution is 2.29. The number of carbonyl (C=O) groups excluding carboxylic acids is 1. The molecule has 1 aliphatic rings. The van der Waals surface area contributed by atoms with Crippen LogP contribution in [0.25, 0.3) is 5.57 Å². The molecule has 0 amide bonds. The van der Waals surface area contributed by atoms with Crippen LogP contribution in [-0.4, -0.2) is 5.97 Å². The maximum absolute atomic E-state index is 14.4. The van der Waals surface area contributed by atoms with Crippen LogP contribution in [0.3, 0.4) is 0 Å². The van der Waals surface area contributed by atoms with Crippen LogP contribution in [0.1, 0.15) is 48.8 Å². The van der Waals surface area contributed by atoms with E-state index in [9.17, 15) is 9.18 Å². The van der Waals surface area contributed by atoms with Crippen LogP contribution in [0.2, 0.25) is 0 Å². The average Bonchev–Trinajstić information content (AvgIpc) is 2.66. The van der Waals surface area contributed by atoms with E-state index in [1.807, 2.05) is 42.5 Å². The van der Waals surface area contributed by atoms with E-state index in [-0.39, 0.29) is 24.8 Å². The molecule has 2 aromatic rings. The zero-order valence-electron chi connectivity index (χ0n) is 14.3. The van der Waals surface area contributed by atoms with Crippen LogP contribution in [0.4, 0.5) is 4.39 Å². The van der Waals surface area contributed by atoms with Crippen LogP contribution in [0.5, 0.6) is 0 Å². The molecule has 0 saturated carbocycles. The molecule has 130 valence electrons. The molecule has 3 heteroatoms. The summed E-state index contributed by atoms with van der Waals surface area (Å²) in [6.45, 7) is 0.279. The third kappa shape index (κ3) is 5.02. The van der Waals surface area contributed by atoms with Crippen molar-refractivity contribution in [3.8, 4) is 0 Å². The molecule has 0 fully saturated rings. The molecule has 25 heavy (non-hydrogen) atoms. The fraction of sp³-hybridized carbons (Fsp3) is 0.318. The third-order valence-electron chi connectivity index (χ3n) is 4.53. The van der Waals surface area contributed by atoms with Crippen LogP contribution in [0, 0.1) is 5.82 Å². The molecule has 3 rings (SSSR count). The molecule has 0 aromatic heterocycles. The van der Waals surface area contributed by atoms with E-state index in [4.69, 9.17) is 4.74 Å². The number of allylic oxidation sites excluding steroid dienone is 2. The van der Waals surface area contributed by atoms with E-state index in [2.05, 4.69) is 6.08 Å². The fourth-order valence-electron chi connectivity index (χ4n) is 3.11. The number of carbonyl (C=O) groups is 1. The largest absolute Gasteiger partial charge is 0.461 e. The van der Waals surface area contributed by atoms with Crippen molar-refractivity contribution in [1.29, 1.82) is 0 Å². The second-order valence-electron chi connectivity index (χ2n) is 6.44. The van der Waals surface area contributed by atoms with Crippen molar-refractivity contribution in [1.82, 2.24) is 0 Å². The Bertz CT molecular complexity index is 750. The van der Waals surface area contributed by atoms with Crippen molar-refractivity contribution in [2.75, 3.05) is 0 Å². The minimum atomic E-state index is -0.261. The van der Waals surface area contributed by atoms with Crippen molar-refractivity contribution in [3.63, 3.8) is 0 Å². The second-order valence-corrected chi connectivity index (χ2v) is 6.44. The Labute approximate surface area is 148 Å². The molecule has 0 saturated heterocycles. The number of esters is 1. The second kappa shape index (κ2) is 8.61. The van der Waals surface area contributed by atoms with Crippen LogP contribution in [-0.2, 0) is 22.6 Å². The summed E-state index contributed by atoms with van der Waals surface area (Å²) in [7, 11) is 0. The van der Waals surface area contributed by atoms with Crippen molar-refractivity contribution in [3.05, 3.63) is 77.1 Å². The SMILES string of the molecule is O=C(CCc1ccc(C2=CCCCC2)c(F)c1)OCc1ccccc1. The lowest BCUT2D eigenvalue weighted by Gasteiger charge is -2.14. The number of benzene rings is 2. The van der Waals surface area contributed by atoms with E-state index in [0.717, 1.165) is 36.0 Å². The van der Waals surface area contributed by atoms with Crippen molar-refractivity contribution in [2.24, 2.45) is 0 Å². The van der Waals surface area contributed by atoms with Gasteiger partial charge in [-0.1, -0.05) is 48.5 Å². The lowest BCUT2D eigenvalue weighted by molar-refractivity contribution is -0.144. The summed E-state index contributed by atoms with van der Waals surface area (Å²) in [5, 5.41) is 0. The minimum Gasteiger partial charge on any atom is -0.461 e. The molecule has 0 N–H and O–H groups in total. The summed E-state index contributed by atoms with van der Waals surface area (Å²) in [6.07, 6.45) is 7.18. The van der Waals surface area contributed by atoms with Gasteiger partial charge in [0.2, 0.25) is 0 Å². The lowest BCUT2D eigenvalue weighted by Crippen LogP contribution is -2.06. The van der Waals surface area contributed by atoms with E-state index < -0.39 is 0 Å². The standard InChI is InChI=1S/C22H23FO2/c23-21-15-17(11-13-20(21)19-9-5-2-6-10-19)12-14-22(24)25-16-18-7-3-1-4-8-18/h1,3-4,7-9,11,13,15H,2,5-6,10,12,14,16H2. The highest BCUT2D eigenvalue weighted by Gasteiger charge is 2.12. The van der Waals surface area contributed by atoms with E-state index >= 15 is 0 Å². The van der Waals surface area contributed by atoms with Crippen molar-refractivity contribution < 1.29 is 13.9 Å². The zero-order valence-corrected chi connectivity index (χ0v) is 14.3. The first-order valence-electron chi connectivity index (χ1n) is 8.90. The molecule has 0 unspecified atom stereocenters. The molecule has 0 bridgehead atoms. The van der Waals surface area contributed by atoms with Crippen LogP contribution in [0.15, 0.2) is 54.6 Å². The highest BCUT2D eigenvalue weighted by molar-refractivity contribution is 5.70. The van der Waals surface area contributed by atoms with E-state index in [1.54, 1.807) is 6.07 Å². The predicted molar refractivity (Wildman–Crippen MR) is 97.4 cm³/mol. The molecule has 2 aromatic carbocycles. The van der Waals surface area contributed by atoms with E-state index in [1.165, 1.54) is 6.42 Å². The Morgan fingerprint density at radius 2 is 1.88 bits per heavy atom. The summed E-state index contributed by atoms with van der Waals surface area (Å²) in [6, 6.07) is 14.9. The van der Waals surface area contributed by atoms with Gasteiger partial charge in [-0.15, -0.1) is 0 Å². The van der Waals surface area contributed by atoms with Gasteiger partial charge in [-0.05, 0) is 54.9 Å². The Morgan fingerprint density at radius 1 is 1.04 bits per heavy atom. The van der Waals surface area contributed by atoms with Crippen molar-refractivity contribution >= 4 is 11.5 Å². The maximum atomic E-state index is 14.4. The van der Waals surface area contributed by atoms with E-state index in [0.29, 0.717) is 12.0 Å². The summed E-state index contributed by atoms with van der Waals surface area (Å²) in [5.41, 5.74) is 3.61. The minimum absolute atomic E-state index is 0.191. The fourth-order valence-corrected chi connectivity index (χ4v) is 3.11. The highest BCUT2D eigenvalue weighted by atomic mass is 19.1. The first-order chi connectivity index (χ1) is 12.2. The molecular formula is C22H23FO2. The summed E-state index contributed by atoms with van der Waals surface area (Å²) >= 11 is 0. The Kier molecular flexibility index (Phi) is 5.99. The van der Waals surface area contributed by atoms with Gasteiger partial charge in [0.15, 0.2) is 0 Å². The molecule has 2 nitrogen and oxygen atoms in total. The number of hydrogen-bond acceptors (Lipinski definition) is 2. The summed E-state index contributed by atoms with van der Waals surface area (Å²) < 4.78 is 19.6. The average molecular weight is 338 g/mol. The normalized spacial score (nSPS) is 14.0. The number of ether oxygens (including phenoxy) is 1. The van der Waals surface area contributed by atoms with Gasteiger partial charge in [0.25, 0.3) is 0 Å². The number of aryl methyl sites for hydroxylation is 1. The topological polar surface area (TPSA) is 26.3 Å². The van der Waals surface area contributed by atoms with Gasteiger partial charge in [0, 0.05) is 12.0 Å². The van der Waals surface area contributed by atoms with Gasteiger partial charge in [-0.3, -0.25) is 4.79 Å². The van der Waals surface area contributed by atoms with Gasteiger partial charge < -0.3 is 4.74 Å². The lowest BCUT2D eigenvalue weighted by atomic mass is 9.92. The maximum Gasteiger partial charge on any atom is 0.306 e. The molecule has 0 aliphatic heterocycles. The number of hydrogen-bond donors (Lipinski definition) is 0. The Balaban J connectivity index is 1.52. The predicted octanol–water partition coefficient (Wildman–Crippen LogP) is 5.46. The monoisotopic (exact) mass is 338 g/mol. The zero-order chi connectivity index (χ0) is 17.5. The molecule has 0 spiro atoms. The smallest absolute Gasteiger partial charge is 0.306 e. The van der Waals surface area contributed by atoms with Gasteiger partial charge in [-0.2, -0.15) is 0 Å². The van der Waals surface area contributed by atoms with Gasteiger partial charge >= 0.3 is 5.97 Å². The first-order valence-corrected chi connectivity index (χ1v) is 8.90. The van der Waals surface area contributed by atoms with Crippen LogP contribution < -0.4 is 0 Å². The van der Waals surface area contributed by atoms with Gasteiger partial charge in [0.1, 0.15) is 12.4 Å². The molecule has 0 radical (unpaired) electrons. The quantitative estimate of drug-likeness (QED) is 0.654. The van der Waals surface area contributed by atoms with Crippen molar-refractivity contribution in [2.45, 2.75) is 45.1 Å². The van der Waals surface area contributed by atoms with Crippen LogP contribution >= 0.6 is 0 Å². The van der Waals surface area contributed by atoms with Gasteiger partial charge in [-0.25, -0.2) is 4.39 Å². The summed E-state index contributed by atoms with van der Waals surface area (Å²) in [4.78, 5) is 11.9. The first kappa shape index (κ1) is 17.4.